The van der Waals surface area contributed by atoms with E-state index in [2.05, 4.69) is 27.5 Å². The molecular weight excluding hydrogens is 408 g/mol. The van der Waals surface area contributed by atoms with E-state index in [0.717, 1.165) is 22.6 Å². The summed E-state index contributed by atoms with van der Waals surface area (Å²) in [6.45, 7) is 6.19. The van der Waals surface area contributed by atoms with E-state index in [1.165, 1.54) is 0 Å². The maximum Gasteiger partial charge on any atom is 0.250 e. The van der Waals surface area contributed by atoms with Crippen molar-refractivity contribution in [1.29, 1.82) is 0 Å². The van der Waals surface area contributed by atoms with Crippen molar-refractivity contribution >= 4 is 24.6 Å². The van der Waals surface area contributed by atoms with Gasteiger partial charge in [0.25, 0.3) is 5.89 Å². The van der Waals surface area contributed by atoms with Crippen LogP contribution in [0.3, 0.4) is 0 Å². The van der Waals surface area contributed by atoms with E-state index in [1.807, 2.05) is 45.2 Å². The molecule has 0 spiro atoms. The van der Waals surface area contributed by atoms with Crippen molar-refractivity contribution in [2.75, 3.05) is 14.2 Å². The minimum atomic E-state index is 0. The zero-order valence-corrected chi connectivity index (χ0v) is 18.6. The topological polar surface area (TPSA) is 95.4 Å². The van der Waals surface area contributed by atoms with Gasteiger partial charge in [-0.05, 0) is 51.6 Å². The number of hydrogen-bond acceptors (Lipinski definition) is 8. The number of methoxy groups -OCH3 is 1. The molecule has 1 N–H and O–H groups in total. The zero-order valence-electron chi connectivity index (χ0n) is 17.8. The van der Waals surface area contributed by atoms with E-state index < -0.39 is 0 Å². The Labute approximate surface area is 182 Å². The number of hydrogen-bond donors (Lipinski definition) is 1. The second-order valence-electron chi connectivity index (χ2n) is 6.78. The quantitative estimate of drug-likeness (QED) is 0.539. The van der Waals surface area contributed by atoms with Crippen LogP contribution < -0.4 is 14.8 Å². The third kappa shape index (κ3) is 5.84. The zero-order chi connectivity index (χ0) is 20.8. The number of halogens is 1. The van der Waals surface area contributed by atoms with Crippen LogP contribution in [0.25, 0.3) is 12.2 Å². The van der Waals surface area contributed by atoms with Crippen molar-refractivity contribution in [3.8, 4) is 11.5 Å². The van der Waals surface area contributed by atoms with E-state index in [4.69, 9.17) is 18.5 Å². The fourth-order valence-corrected chi connectivity index (χ4v) is 2.73. The summed E-state index contributed by atoms with van der Waals surface area (Å²) in [6, 6.07) is 5.97. The molecule has 1 atom stereocenters. The lowest BCUT2D eigenvalue weighted by atomic mass is 10.2. The first-order valence-corrected chi connectivity index (χ1v) is 9.40. The number of aryl methyl sites for hydroxylation is 2. The smallest absolute Gasteiger partial charge is 0.250 e. The van der Waals surface area contributed by atoms with Gasteiger partial charge in [-0.15, -0.1) is 12.4 Å². The minimum absolute atomic E-state index is 0. The molecular formula is C21H27ClN4O4. The van der Waals surface area contributed by atoms with Gasteiger partial charge in [0.05, 0.1) is 18.4 Å². The molecule has 0 aliphatic carbocycles. The molecule has 2 aromatic heterocycles. The van der Waals surface area contributed by atoms with Crippen molar-refractivity contribution in [3.05, 3.63) is 52.5 Å². The predicted octanol–water partition coefficient (Wildman–Crippen LogP) is 4.00. The standard InChI is InChI=1S/C21H26N4O4.ClH/c1-13(22-4)10-20-23-21(29-25-20)9-7-16-6-8-18(19(11-16)26-5)27-12-17-14(2)24-28-15(17)3;/h6-9,11,13,22H,10,12H2,1-5H3;1H/b9-7+;. The SMILES string of the molecule is CNC(C)Cc1noc(/C=C/c2ccc(OCc3c(C)noc3C)c(OC)c2)n1.Cl. The highest BCUT2D eigenvalue weighted by Gasteiger charge is 2.12. The molecule has 1 aromatic carbocycles. The van der Waals surface area contributed by atoms with E-state index in [9.17, 15) is 0 Å². The monoisotopic (exact) mass is 434 g/mol. The highest BCUT2D eigenvalue weighted by molar-refractivity contribution is 5.85. The summed E-state index contributed by atoms with van der Waals surface area (Å²) in [6.07, 6.45) is 4.37. The van der Waals surface area contributed by atoms with Crippen molar-refractivity contribution in [2.45, 2.75) is 39.8 Å². The van der Waals surface area contributed by atoms with Crippen LogP contribution in [0.5, 0.6) is 11.5 Å². The predicted molar refractivity (Wildman–Crippen MR) is 116 cm³/mol. The average Bonchev–Trinajstić information content (AvgIpc) is 3.31. The summed E-state index contributed by atoms with van der Waals surface area (Å²) in [5, 5.41) is 11.1. The average molecular weight is 435 g/mol. The van der Waals surface area contributed by atoms with Gasteiger partial charge in [0.1, 0.15) is 12.4 Å². The third-order valence-electron chi connectivity index (χ3n) is 4.62. The molecule has 0 aliphatic heterocycles. The molecule has 0 saturated heterocycles. The van der Waals surface area contributed by atoms with Crippen LogP contribution in [0.4, 0.5) is 0 Å². The van der Waals surface area contributed by atoms with E-state index in [0.29, 0.717) is 36.2 Å². The summed E-state index contributed by atoms with van der Waals surface area (Å²) < 4.78 is 21.8. The highest BCUT2D eigenvalue weighted by atomic mass is 35.5. The summed E-state index contributed by atoms with van der Waals surface area (Å²) in [5.41, 5.74) is 2.69. The van der Waals surface area contributed by atoms with Gasteiger partial charge in [-0.1, -0.05) is 16.4 Å². The fourth-order valence-electron chi connectivity index (χ4n) is 2.73. The van der Waals surface area contributed by atoms with E-state index in [1.54, 1.807) is 13.2 Å². The Morgan fingerprint density at radius 1 is 1.13 bits per heavy atom. The van der Waals surface area contributed by atoms with Crippen molar-refractivity contribution in [2.24, 2.45) is 0 Å². The Kier molecular flexibility index (Phi) is 8.44. The Morgan fingerprint density at radius 2 is 1.93 bits per heavy atom. The fraction of sp³-hybridized carbons (Fsp3) is 0.381. The first-order valence-electron chi connectivity index (χ1n) is 9.40. The first-order chi connectivity index (χ1) is 14.0. The molecule has 30 heavy (non-hydrogen) atoms. The molecule has 0 aliphatic rings. The first kappa shape index (κ1) is 23.4. The molecule has 0 fully saturated rings. The molecule has 1 unspecified atom stereocenters. The maximum absolute atomic E-state index is 5.91. The van der Waals surface area contributed by atoms with Gasteiger partial charge in [-0.25, -0.2) is 0 Å². The Morgan fingerprint density at radius 3 is 2.60 bits per heavy atom. The van der Waals surface area contributed by atoms with Gasteiger partial charge in [-0.3, -0.25) is 0 Å². The van der Waals surface area contributed by atoms with Crippen LogP contribution in [0.15, 0.2) is 27.2 Å². The Bertz CT molecular complexity index is 964. The molecule has 0 radical (unpaired) electrons. The van der Waals surface area contributed by atoms with Gasteiger partial charge in [0.2, 0.25) is 0 Å². The number of rotatable bonds is 9. The number of likely N-dealkylation sites (N-methyl/N-ethyl adjacent to an activating group) is 1. The molecule has 0 saturated carbocycles. The highest BCUT2D eigenvalue weighted by Crippen LogP contribution is 2.30. The molecule has 3 rings (SSSR count). The summed E-state index contributed by atoms with van der Waals surface area (Å²) >= 11 is 0. The molecule has 162 valence electrons. The number of benzene rings is 1. The van der Waals surface area contributed by atoms with E-state index >= 15 is 0 Å². The van der Waals surface area contributed by atoms with Gasteiger partial charge in [0.15, 0.2) is 17.3 Å². The molecule has 2 heterocycles. The lowest BCUT2D eigenvalue weighted by Gasteiger charge is -2.11. The number of nitrogens with one attached hydrogen (secondary N) is 1. The molecule has 8 nitrogen and oxygen atoms in total. The summed E-state index contributed by atoms with van der Waals surface area (Å²) in [4.78, 5) is 4.37. The molecule has 3 aromatic rings. The lowest BCUT2D eigenvalue weighted by Crippen LogP contribution is -2.24. The number of nitrogens with zero attached hydrogens (tertiary/aromatic N) is 3. The number of aromatic nitrogens is 3. The van der Waals surface area contributed by atoms with Crippen LogP contribution in [-0.4, -0.2) is 35.5 Å². The van der Waals surface area contributed by atoms with Crippen molar-refractivity contribution in [3.63, 3.8) is 0 Å². The van der Waals surface area contributed by atoms with Crippen LogP contribution >= 0.6 is 12.4 Å². The normalized spacial score (nSPS) is 12.0. The van der Waals surface area contributed by atoms with Gasteiger partial charge in [0, 0.05) is 18.5 Å². The van der Waals surface area contributed by atoms with Crippen LogP contribution in [-0.2, 0) is 13.0 Å². The van der Waals surface area contributed by atoms with Gasteiger partial charge in [-0.2, -0.15) is 4.98 Å². The summed E-state index contributed by atoms with van der Waals surface area (Å²) in [7, 11) is 3.51. The van der Waals surface area contributed by atoms with Crippen molar-refractivity contribution in [1.82, 2.24) is 20.6 Å². The van der Waals surface area contributed by atoms with E-state index in [-0.39, 0.29) is 18.4 Å². The van der Waals surface area contributed by atoms with Crippen LogP contribution in [0, 0.1) is 13.8 Å². The molecule has 9 heteroatoms. The summed E-state index contributed by atoms with van der Waals surface area (Å²) in [5.74, 6) is 3.16. The van der Waals surface area contributed by atoms with Gasteiger partial charge < -0.3 is 23.8 Å². The van der Waals surface area contributed by atoms with Crippen LogP contribution in [0.1, 0.15) is 41.2 Å². The molecule has 0 bridgehead atoms. The largest absolute Gasteiger partial charge is 0.493 e. The van der Waals surface area contributed by atoms with Gasteiger partial charge >= 0.3 is 0 Å². The van der Waals surface area contributed by atoms with Crippen LogP contribution in [0.2, 0.25) is 0 Å². The molecule has 0 amide bonds. The number of ether oxygens (including phenoxy) is 2. The van der Waals surface area contributed by atoms with Crippen molar-refractivity contribution < 1.29 is 18.5 Å². The maximum atomic E-state index is 5.91. The lowest BCUT2D eigenvalue weighted by molar-refractivity contribution is 0.281. The minimum Gasteiger partial charge on any atom is -0.493 e. The second kappa shape index (κ2) is 10.8. The Balaban J connectivity index is 0.00000320. The Hall–Kier alpha value is -2.84. The third-order valence-corrected chi connectivity index (χ3v) is 4.62. The second-order valence-corrected chi connectivity index (χ2v) is 6.78.